The standard InChI is InChI=1S/C14H15FN4O2/c1-2-18(11-8-6-10(15)7-9-11)13-5-3-4-12(17-16)14(13)19(20)21/h3-9,17H,2,16H2,1H3. The van der Waals surface area contributed by atoms with E-state index in [1.54, 1.807) is 29.2 Å². The third-order valence-corrected chi connectivity index (χ3v) is 3.10. The summed E-state index contributed by atoms with van der Waals surface area (Å²) in [4.78, 5) is 12.6. The van der Waals surface area contributed by atoms with Crippen molar-refractivity contribution in [1.29, 1.82) is 0 Å². The number of nitro groups is 1. The Morgan fingerprint density at radius 2 is 1.95 bits per heavy atom. The Morgan fingerprint density at radius 3 is 2.48 bits per heavy atom. The minimum Gasteiger partial charge on any atom is -0.336 e. The molecule has 0 aromatic heterocycles. The summed E-state index contributed by atoms with van der Waals surface area (Å²) >= 11 is 0. The minimum absolute atomic E-state index is 0.119. The van der Waals surface area contributed by atoms with Crippen molar-refractivity contribution in [3.8, 4) is 0 Å². The second kappa shape index (κ2) is 6.19. The number of nitrogen functional groups attached to an aromatic ring is 1. The van der Waals surface area contributed by atoms with Gasteiger partial charge in [0.05, 0.1) is 4.92 Å². The van der Waals surface area contributed by atoms with Crippen LogP contribution in [0.3, 0.4) is 0 Å². The average molecular weight is 290 g/mol. The van der Waals surface area contributed by atoms with Crippen molar-refractivity contribution in [2.75, 3.05) is 16.9 Å². The molecule has 0 saturated heterocycles. The number of nitrogens with zero attached hydrogens (tertiary/aromatic N) is 2. The smallest absolute Gasteiger partial charge is 0.317 e. The molecular weight excluding hydrogens is 275 g/mol. The molecule has 0 saturated carbocycles. The molecule has 2 aromatic carbocycles. The lowest BCUT2D eigenvalue weighted by Gasteiger charge is -2.23. The number of anilines is 3. The summed E-state index contributed by atoms with van der Waals surface area (Å²) in [5.74, 6) is 4.98. The highest BCUT2D eigenvalue weighted by atomic mass is 19.1. The molecule has 0 atom stereocenters. The van der Waals surface area contributed by atoms with Gasteiger partial charge in [0.15, 0.2) is 0 Å². The number of nitrogens with two attached hydrogens (primary N) is 1. The van der Waals surface area contributed by atoms with Crippen molar-refractivity contribution in [1.82, 2.24) is 0 Å². The van der Waals surface area contributed by atoms with E-state index in [9.17, 15) is 14.5 Å². The van der Waals surface area contributed by atoms with Crippen molar-refractivity contribution in [3.05, 3.63) is 58.4 Å². The van der Waals surface area contributed by atoms with Crippen LogP contribution in [0.2, 0.25) is 0 Å². The maximum absolute atomic E-state index is 13.0. The molecule has 0 aliphatic rings. The predicted octanol–water partition coefficient (Wildman–Crippen LogP) is 3.18. The monoisotopic (exact) mass is 290 g/mol. The summed E-state index contributed by atoms with van der Waals surface area (Å²) in [6.45, 7) is 2.34. The zero-order chi connectivity index (χ0) is 15.4. The molecule has 110 valence electrons. The van der Waals surface area contributed by atoms with Crippen LogP contribution in [0.5, 0.6) is 0 Å². The normalized spacial score (nSPS) is 10.2. The summed E-state index contributed by atoms with van der Waals surface area (Å²) in [7, 11) is 0. The van der Waals surface area contributed by atoms with Gasteiger partial charge in [0, 0.05) is 12.2 Å². The highest BCUT2D eigenvalue weighted by molar-refractivity contribution is 5.80. The van der Waals surface area contributed by atoms with Gasteiger partial charge in [-0.2, -0.15) is 0 Å². The van der Waals surface area contributed by atoms with Crippen LogP contribution < -0.4 is 16.2 Å². The van der Waals surface area contributed by atoms with Gasteiger partial charge < -0.3 is 10.3 Å². The number of para-hydroxylation sites is 1. The van der Waals surface area contributed by atoms with Crippen LogP contribution in [0, 0.1) is 15.9 Å². The van der Waals surface area contributed by atoms with E-state index in [1.165, 1.54) is 18.2 Å². The van der Waals surface area contributed by atoms with Crippen LogP contribution >= 0.6 is 0 Å². The summed E-state index contributed by atoms with van der Waals surface area (Å²) in [5.41, 5.74) is 3.49. The Hall–Kier alpha value is -2.67. The van der Waals surface area contributed by atoms with Gasteiger partial charge in [-0.25, -0.2) is 4.39 Å². The number of rotatable bonds is 5. The second-order valence-electron chi connectivity index (χ2n) is 4.30. The zero-order valence-corrected chi connectivity index (χ0v) is 11.4. The maximum atomic E-state index is 13.0. The van der Waals surface area contributed by atoms with Crippen molar-refractivity contribution in [3.63, 3.8) is 0 Å². The first kappa shape index (κ1) is 14.7. The third kappa shape index (κ3) is 2.92. The van der Waals surface area contributed by atoms with Gasteiger partial charge in [-0.1, -0.05) is 6.07 Å². The lowest BCUT2D eigenvalue weighted by atomic mass is 10.2. The molecule has 0 spiro atoms. The topological polar surface area (TPSA) is 84.4 Å². The molecule has 3 N–H and O–H groups in total. The van der Waals surface area contributed by atoms with Crippen molar-refractivity contribution >= 4 is 22.7 Å². The largest absolute Gasteiger partial charge is 0.336 e. The number of hydrogen-bond acceptors (Lipinski definition) is 5. The molecule has 0 heterocycles. The molecular formula is C14H15FN4O2. The first-order chi connectivity index (χ1) is 10.1. The van der Waals surface area contributed by atoms with E-state index in [-0.39, 0.29) is 17.2 Å². The Labute approximate surface area is 121 Å². The van der Waals surface area contributed by atoms with Crippen molar-refractivity contribution in [2.45, 2.75) is 6.92 Å². The Kier molecular flexibility index (Phi) is 4.34. The summed E-state index contributed by atoms with van der Waals surface area (Å²) in [5, 5.41) is 11.3. The molecule has 0 fully saturated rings. The molecule has 0 amide bonds. The first-order valence-electron chi connectivity index (χ1n) is 6.35. The number of benzene rings is 2. The molecule has 0 bridgehead atoms. The Morgan fingerprint density at radius 1 is 1.29 bits per heavy atom. The number of hydrogen-bond donors (Lipinski definition) is 2. The fourth-order valence-electron chi connectivity index (χ4n) is 2.17. The highest BCUT2D eigenvalue weighted by Gasteiger charge is 2.23. The highest BCUT2D eigenvalue weighted by Crippen LogP contribution is 2.38. The quantitative estimate of drug-likeness (QED) is 0.502. The van der Waals surface area contributed by atoms with Gasteiger partial charge in [0.25, 0.3) is 0 Å². The van der Waals surface area contributed by atoms with E-state index >= 15 is 0 Å². The van der Waals surface area contributed by atoms with E-state index in [0.717, 1.165) is 0 Å². The fraction of sp³-hybridized carbons (Fsp3) is 0.143. The summed E-state index contributed by atoms with van der Waals surface area (Å²) in [6, 6.07) is 10.6. The SMILES string of the molecule is CCN(c1ccc(F)cc1)c1cccc(NN)c1[N+](=O)[O-]. The minimum atomic E-state index is -0.489. The van der Waals surface area contributed by atoms with Gasteiger partial charge in [-0.3, -0.25) is 16.0 Å². The molecule has 0 aliphatic carbocycles. The van der Waals surface area contributed by atoms with Gasteiger partial charge >= 0.3 is 5.69 Å². The van der Waals surface area contributed by atoms with Crippen molar-refractivity contribution < 1.29 is 9.31 Å². The third-order valence-electron chi connectivity index (χ3n) is 3.10. The van der Waals surface area contributed by atoms with Crippen LogP contribution in [-0.2, 0) is 0 Å². The molecule has 7 heteroatoms. The molecule has 0 unspecified atom stereocenters. The van der Waals surface area contributed by atoms with E-state index in [4.69, 9.17) is 5.84 Å². The molecule has 0 radical (unpaired) electrons. The first-order valence-corrected chi connectivity index (χ1v) is 6.35. The van der Waals surface area contributed by atoms with Gasteiger partial charge in [0.1, 0.15) is 17.2 Å². The second-order valence-corrected chi connectivity index (χ2v) is 4.30. The molecule has 21 heavy (non-hydrogen) atoms. The van der Waals surface area contributed by atoms with Crippen LogP contribution in [0.1, 0.15) is 6.92 Å². The van der Waals surface area contributed by atoms with Crippen LogP contribution in [-0.4, -0.2) is 11.5 Å². The number of nitrogens with one attached hydrogen (secondary N) is 1. The van der Waals surface area contributed by atoms with Crippen molar-refractivity contribution in [2.24, 2.45) is 5.84 Å². The average Bonchev–Trinajstić information content (AvgIpc) is 2.49. The number of halogens is 1. The maximum Gasteiger partial charge on any atom is 0.317 e. The summed E-state index contributed by atoms with van der Waals surface area (Å²) in [6.07, 6.45) is 0. The van der Waals surface area contributed by atoms with E-state index in [2.05, 4.69) is 5.43 Å². The van der Waals surface area contributed by atoms with E-state index < -0.39 is 4.92 Å². The van der Waals surface area contributed by atoms with Crippen LogP contribution in [0.4, 0.5) is 27.1 Å². The van der Waals surface area contributed by atoms with E-state index in [0.29, 0.717) is 17.9 Å². The molecule has 6 nitrogen and oxygen atoms in total. The lowest BCUT2D eigenvalue weighted by molar-refractivity contribution is -0.383. The lowest BCUT2D eigenvalue weighted by Crippen LogP contribution is -2.19. The van der Waals surface area contributed by atoms with Crippen LogP contribution in [0.25, 0.3) is 0 Å². The number of hydrazine groups is 1. The van der Waals surface area contributed by atoms with Crippen LogP contribution in [0.15, 0.2) is 42.5 Å². The molecule has 0 aliphatic heterocycles. The van der Waals surface area contributed by atoms with Gasteiger partial charge in [-0.15, -0.1) is 0 Å². The predicted molar refractivity (Wildman–Crippen MR) is 80.0 cm³/mol. The summed E-state index contributed by atoms with van der Waals surface area (Å²) < 4.78 is 13.0. The number of nitro benzene ring substituents is 1. The molecule has 2 aromatic rings. The Balaban J connectivity index is 2.57. The van der Waals surface area contributed by atoms with Gasteiger partial charge in [0.2, 0.25) is 0 Å². The van der Waals surface area contributed by atoms with E-state index in [1.807, 2.05) is 6.92 Å². The fourth-order valence-corrected chi connectivity index (χ4v) is 2.17. The Bertz CT molecular complexity index is 646. The zero-order valence-electron chi connectivity index (χ0n) is 11.4. The molecule has 2 rings (SSSR count). The van der Waals surface area contributed by atoms with Gasteiger partial charge in [-0.05, 0) is 43.3 Å².